The van der Waals surface area contributed by atoms with Crippen LogP contribution in [-0.4, -0.2) is 29.0 Å². The van der Waals surface area contributed by atoms with Gasteiger partial charge in [-0.25, -0.2) is 4.79 Å². The van der Waals surface area contributed by atoms with Gasteiger partial charge in [-0.15, -0.1) is 0 Å². The summed E-state index contributed by atoms with van der Waals surface area (Å²) >= 11 is 0. The molecular formula is C39H57F3O3. The Morgan fingerprint density at radius 3 is 2.38 bits per heavy atom. The van der Waals surface area contributed by atoms with E-state index >= 15 is 0 Å². The van der Waals surface area contributed by atoms with Crippen LogP contribution in [0.1, 0.15) is 134 Å². The van der Waals surface area contributed by atoms with E-state index < -0.39 is 11.8 Å². The first kappa shape index (κ1) is 33.3. The number of aliphatic hydroxyl groups is 1. The average Bonchev–Trinajstić information content (AvgIpc) is 3.36. The van der Waals surface area contributed by atoms with Gasteiger partial charge in [0.25, 0.3) is 0 Å². The number of alkyl halides is 3. The van der Waals surface area contributed by atoms with Crippen LogP contribution in [-0.2, 0) is 4.74 Å². The minimum atomic E-state index is -4.54. The zero-order valence-corrected chi connectivity index (χ0v) is 28.1. The Balaban J connectivity index is 1.12. The van der Waals surface area contributed by atoms with Crippen LogP contribution in [0.3, 0.4) is 0 Å². The molecule has 0 spiro atoms. The number of benzene rings is 1. The van der Waals surface area contributed by atoms with Gasteiger partial charge in [-0.05, 0) is 154 Å². The predicted octanol–water partition coefficient (Wildman–Crippen LogP) is 10.4. The summed E-state index contributed by atoms with van der Waals surface area (Å²) in [5.74, 6) is 3.72. The lowest BCUT2D eigenvalue weighted by Crippen LogP contribution is -2.59. The molecule has 1 aromatic carbocycles. The molecule has 0 amide bonds. The second-order valence-electron chi connectivity index (χ2n) is 17.0. The smallest absolute Gasteiger partial charge is 0.417 e. The van der Waals surface area contributed by atoms with Gasteiger partial charge in [0.05, 0.1) is 5.56 Å². The van der Waals surface area contributed by atoms with E-state index in [4.69, 9.17) is 4.74 Å². The number of hydrogen-bond donors (Lipinski definition) is 1. The van der Waals surface area contributed by atoms with Crippen LogP contribution in [0.2, 0.25) is 0 Å². The van der Waals surface area contributed by atoms with Crippen LogP contribution >= 0.6 is 0 Å². The molecule has 0 bridgehead atoms. The highest BCUT2D eigenvalue weighted by Gasteiger charge is 2.65. The van der Waals surface area contributed by atoms with E-state index in [0.29, 0.717) is 53.4 Å². The van der Waals surface area contributed by atoms with Gasteiger partial charge in [0.15, 0.2) is 5.60 Å². The minimum absolute atomic E-state index is 0.0412. The molecule has 6 heteroatoms. The zero-order valence-electron chi connectivity index (χ0n) is 28.1. The predicted molar refractivity (Wildman–Crippen MR) is 171 cm³/mol. The fourth-order valence-corrected chi connectivity index (χ4v) is 12.1. The maximum absolute atomic E-state index is 13.8. The number of rotatable bonds is 7. The van der Waals surface area contributed by atoms with Gasteiger partial charge >= 0.3 is 12.1 Å². The molecular weight excluding hydrogens is 573 g/mol. The van der Waals surface area contributed by atoms with Crippen molar-refractivity contribution in [2.24, 2.45) is 58.2 Å². The molecule has 1 aromatic rings. The maximum Gasteiger partial charge on any atom is 0.417 e. The van der Waals surface area contributed by atoms with Crippen molar-refractivity contribution in [3.8, 4) is 0 Å². The van der Waals surface area contributed by atoms with E-state index in [1.165, 1.54) is 25.7 Å². The van der Waals surface area contributed by atoms with Crippen molar-refractivity contribution in [2.45, 2.75) is 142 Å². The zero-order chi connectivity index (χ0) is 32.2. The third-order valence-corrected chi connectivity index (χ3v) is 14.7. The molecule has 5 aliphatic rings. The highest BCUT2D eigenvalue weighted by molar-refractivity contribution is 5.89. The summed E-state index contributed by atoms with van der Waals surface area (Å²) in [5.41, 5.74) is -1.71. The molecule has 12 atom stereocenters. The molecule has 5 saturated carbocycles. The van der Waals surface area contributed by atoms with Crippen LogP contribution in [0.5, 0.6) is 0 Å². The number of ether oxygens (including phenoxy) is 1. The molecule has 0 saturated heterocycles. The van der Waals surface area contributed by atoms with Crippen molar-refractivity contribution in [1.29, 1.82) is 0 Å². The van der Waals surface area contributed by atoms with Crippen LogP contribution in [0.25, 0.3) is 0 Å². The number of hydrogen-bond acceptors (Lipinski definition) is 3. The molecule has 5 aliphatic carbocycles. The topological polar surface area (TPSA) is 46.5 Å². The van der Waals surface area contributed by atoms with Crippen LogP contribution in [0, 0.1) is 58.2 Å². The Morgan fingerprint density at radius 1 is 0.933 bits per heavy atom. The van der Waals surface area contributed by atoms with Crippen LogP contribution in [0.15, 0.2) is 30.3 Å². The van der Waals surface area contributed by atoms with Gasteiger partial charge in [-0.2, -0.15) is 13.2 Å². The molecule has 0 aliphatic heterocycles. The Bertz CT molecular complexity index is 1190. The van der Waals surface area contributed by atoms with E-state index in [-0.39, 0.29) is 41.7 Å². The number of esters is 1. The van der Waals surface area contributed by atoms with Gasteiger partial charge in [-0.3, -0.25) is 0 Å². The van der Waals surface area contributed by atoms with E-state index in [1.807, 2.05) is 30.3 Å². The van der Waals surface area contributed by atoms with E-state index in [1.54, 1.807) is 0 Å². The summed E-state index contributed by atoms with van der Waals surface area (Å²) in [5, 5.41) is 10.6. The first-order valence-corrected chi connectivity index (χ1v) is 18.3. The molecule has 5 fully saturated rings. The van der Waals surface area contributed by atoms with E-state index in [0.717, 1.165) is 51.4 Å². The molecule has 3 nitrogen and oxygen atoms in total. The van der Waals surface area contributed by atoms with Gasteiger partial charge < -0.3 is 9.84 Å². The molecule has 0 heterocycles. The molecule has 45 heavy (non-hydrogen) atoms. The maximum atomic E-state index is 13.8. The fraction of sp³-hybridized carbons (Fsp3) is 0.821. The first-order chi connectivity index (χ1) is 21.2. The van der Waals surface area contributed by atoms with Crippen molar-refractivity contribution in [3.05, 3.63) is 35.9 Å². The molecule has 6 rings (SSSR count). The fourth-order valence-electron chi connectivity index (χ4n) is 12.1. The lowest BCUT2D eigenvalue weighted by Gasteiger charge is -2.62. The largest absolute Gasteiger partial charge is 0.458 e. The molecule has 1 unspecified atom stereocenters. The molecule has 252 valence electrons. The molecule has 0 radical (unpaired) electrons. The highest BCUT2D eigenvalue weighted by Crippen LogP contribution is 2.69. The second kappa shape index (κ2) is 12.5. The quantitative estimate of drug-likeness (QED) is 0.305. The van der Waals surface area contributed by atoms with Gasteiger partial charge in [0.1, 0.15) is 6.10 Å². The van der Waals surface area contributed by atoms with Crippen molar-refractivity contribution in [3.63, 3.8) is 0 Å². The first-order valence-electron chi connectivity index (χ1n) is 18.3. The molecule has 1 N–H and O–H groups in total. The lowest BCUT2D eigenvalue weighted by atomic mass is 9.43. The summed E-state index contributed by atoms with van der Waals surface area (Å²) in [4.78, 5) is 13.2. The average molecular weight is 631 g/mol. The summed E-state index contributed by atoms with van der Waals surface area (Å²) < 4.78 is 47.7. The third kappa shape index (κ3) is 6.13. The molecule has 0 aromatic heterocycles. The Kier molecular flexibility index (Phi) is 9.24. The Labute approximate surface area is 269 Å². The number of halogens is 3. The van der Waals surface area contributed by atoms with Crippen molar-refractivity contribution in [1.82, 2.24) is 0 Å². The summed E-state index contributed by atoms with van der Waals surface area (Å²) in [6.07, 6.45) is 8.92. The van der Waals surface area contributed by atoms with Crippen molar-refractivity contribution >= 4 is 5.97 Å². The number of carbonyl (C=O) groups is 1. The Hall–Kier alpha value is -1.56. The number of fused-ring (bicyclic) bond motifs is 5. The highest BCUT2D eigenvalue weighted by atomic mass is 19.4. The van der Waals surface area contributed by atoms with Crippen LogP contribution in [0.4, 0.5) is 13.2 Å². The monoisotopic (exact) mass is 630 g/mol. The van der Waals surface area contributed by atoms with Gasteiger partial charge in [0.2, 0.25) is 0 Å². The lowest BCUT2D eigenvalue weighted by molar-refractivity contribution is -0.290. The van der Waals surface area contributed by atoms with Gasteiger partial charge in [0, 0.05) is 0 Å². The van der Waals surface area contributed by atoms with Crippen molar-refractivity contribution < 1.29 is 27.8 Å². The Morgan fingerprint density at radius 2 is 1.67 bits per heavy atom. The van der Waals surface area contributed by atoms with E-state index in [9.17, 15) is 23.1 Å². The number of carbonyl (C=O) groups excluding carboxylic acids is 1. The summed E-state index contributed by atoms with van der Waals surface area (Å²) in [6, 6.07) is 9.41. The SMILES string of the molecule is C[C@H]1CCCC([C@@H](CC[C@@H](C)[C@H]2CC[C@H]3[C@@H]4CC[C@H]5C[C@](O)(C(F)(F)F)CC[C@]5(C)[C@H]4CC[C@]23C)OC(=O)c2ccccc2)C1. The van der Waals surface area contributed by atoms with Crippen molar-refractivity contribution in [2.75, 3.05) is 0 Å². The normalized spacial score (nSPS) is 43.0. The van der Waals surface area contributed by atoms with Crippen LogP contribution < -0.4 is 0 Å². The third-order valence-electron chi connectivity index (χ3n) is 14.7. The van der Waals surface area contributed by atoms with Gasteiger partial charge in [-0.1, -0.05) is 58.7 Å². The minimum Gasteiger partial charge on any atom is -0.458 e. The standard InChI is InChI=1S/C39H57F3O3/c1-25-9-8-12-28(23-25)34(45-35(43)27-10-6-5-7-11-27)18-13-26(2)31-16-17-32-30-15-14-29-24-38(44,39(40,41)42)22-21-36(29,3)33(30)19-20-37(31,32)4/h5-7,10-11,25-26,28-34,44H,8-9,12-24H2,1-4H3/t25-,26+,28?,29-,30-,31+,32-,33-,34+,36-,37+,38-/m0/s1. The van der Waals surface area contributed by atoms with E-state index in [2.05, 4.69) is 27.7 Å². The summed E-state index contributed by atoms with van der Waals surface area (Å²) in [6.45, 7) is 9.57. The summed E-state index contributed by atoms with van der Waals surface area (Å²) in [7, 11) is 0. The second-order valence-corrected chi connectivity index (χ2v) is 17.0.